The van der Waals surface area contributed by atoms with Crippen LogP contribution in [0.4, 0.5) is 0 Å². The van der Waals surface area contributed by atoms with Gasteiger partial charge in [-0.05, 0) is 67.0 Å². The van der Waals surface area contributed by atoms with Crippen molar-refractivity contribution in [2.45, 2.75) is 0 Å². The SMILES string of the molecule is c1ccc2cc(-c3c4ccccc4c(-c4cc5ccc6c7ccccc7sc6c5s4)c4ccccc34)ccc2c1. The van der Waals surface area contributed by atoms with Gasteiger partial charge in [-0.15, -0.1) is 22.7 Å². The largest absolute Gasteiger partial charge is 0.134 e. The van der Waals surface area contributed by atoms with Gasteiger partial charge in [0.1, 0.15) is 0 Å². The number of benzene rings is 7. The van der Waals surface area contributed by atoms with E-state index in [2.05, 4.69) is 133 Å². The first kappa shape index (κ1) is 22.3. The van der Waals surface area contributed by atoms with Crippen LogP contribution >= 0.6 is 22.7 Å². The van der Waals surface area contributed by atoms with Crippen LogP contribution in [0, 0.1) is 0 Å². The highest BCUT2D eigenvalue weighted by Gasteiger charge is 2.19. The van der Waals surface area contributed by atoms with Gasteiger partial charge in [0, 0.05) is 25.9 Å². The molecule has 40 heavy (non-hydrogen) atoms. The second-order valence-electron chi connectivity index (χ2n) is 10.5. The third-order valence-electron chi connectivity index (χ3n) is 8.25. The van der Waals surface area contributed by atoms with Crippen molar-refractivity contribution in [1.29, 1.82) is 0 Å². The fourth-order valence-corrected chi connectivity index (χ4v) is 9.03. The summed E-state index contributed by atoms with van der Waals surface area (Å²) in [5, 5.41) is 11.8. The Morgan fingerprint density at radius 1 is 0.350 bits per heavy atom. The first-order valence-electron chi connectivity index (χ1n) is 13.6. The van der Waals surface area contributed by atoms with E-state index in [4.69, 9.17) is 0 Å². The van der Waals surface area contributed by atoms with Crippen molar-refractivity contribution < 1.29 is 0 Å². The van der Waals surface area contributed by atoms with Crippen LogP contribution in [0.5, 0.6) is 0 Å². The maximum Gasteiger partial charge on any atom is 0.0533 e. The van der Waals surface area contributed by atoms with E-state index >= 15 is 0 Å². The molecule has 0 atom stereocenters. The lowest BCUT2D eigenvalue weighted by atomic mass is 9.87. The Balaban J connectivity index is 1.37. The van der Waals surface area contributed by atoms with Gasteiger partial charge in [0.15, 0.2) is 0 Å². The lowest BCUT2D eigenvalue weighted by molar-refractivity contribution is 1.70. The Morgan fingerprint density at radius 2 is 0.950 bits per heavy atom. The molecule has 0 saturated carbocycles. The average Bonchev–Trinajstić information content (AvgIpc) is 3.61. The molecular formula is C38H22S2. The Labute approximate surface area is 239 Å². The van der Waals surface area contributed by atoms with E-state index in [1.54, 1.807) is 0 Å². The summed E-state index contributed by atoms with van der Waals surface area (Å²) in [6.07, 6.45) is 0. The quantitative estimate of drug-likeness (QED) is 0.191. The van der Waals surface area contributed by atoms with Crippen molar-refractivity contribution in [2.24, 2.45) is 0 Å². The zero-order chi connectivity index (χ0) is 26.2. The predicted molar refractivity (Wildman–Crippen MR) is 178 cm³/mol. The van der Waals surface area contributed by atoms with Crippen molar-refractivity contribution in [3.05, 3.63) is 133 Å². The van der Waals surface area contributed by atoms with Gasteiger partial charge in [-0.25, -0.2) is 0 Å². The third kappa shape index (κ3) is 3.18. The Hall–Kier alpha value is -4.50. The molecule has 0 nitrogen and oxygen atoms in total. The van der Waals surface area contributed by atoms with E-state index < -0.39 is 0 Å². The fraction of sp³-hybridized carbons (Fsp3) is 0. The van der Waals surface area contributed by atoms with E-state index in [1.165, 1.54) is 84.1 Å². The van der Waals surface area contributed by atoms with Crippen molar-refractivity contribution >= 4 is 85.2 Å². The van der Waals surface area contributed by atoms with Gasteiger partial charge in [-0.2, -0.15) is 0 Å². The van der Waals surface area contributed by atoms with Crippen LogP contribution < -0.4 is 0 Å². The molecule has 9 rings (SSSR count). The summed E-state index contributed by atoms with van der Waals surface area (Å²) in [6, 6.07) is 49.3. The molecule has 9 aromatic rings. The Morgan fingerprint density at radius 3 is 1.70 bits per heavy atom. The van der Waals surface area contributed by atoms with Gasteiger partial charge in [0.25, 0.3) is 0 Å². The van der Waals surface area contributed by atoms with Gasteiger partial charge >= 0.3 is 0 Å². The van der Waals surface area contributed by atoms with Gasteiger partial charge in [0.05, 0.1) is 9.40 Å². The van der Waals surface area contributed by atoms with Crippen LogP contribution in [0.15, 0.2) is 133 Å². The molecule has 0 bridgehead atoms. The maximum atomic E-state index is 2.41. The lowest BCUT2D eigenvalue weighted by Gasteiger charge is -2.17. The molecule has 0 aliphatic heterocycles. The summed E-state index contributed by atoms with van der Waals surface area (Å²) in [4.78, 5) is 1.33. The predicted octanol–water partition coefficient (Wildman–Crippen LogP) is 12.1. The molecule has 0 spiro atoms. The first-order chi connectivity index (χ1) is 19.8. The van der Waals surface area contributed by atoms with Gasteiger partial charge < -0.3 is 0 Å². The number of fused-ring (bicyclic) bond motifs is 8. The van der Waals surface area contributed by atoms with Crippen LogP contribution in [0.1, 0.15) is 0 Å². The Bertz CT molecular complexity index is 2380. The molecule has 0 saturated heterocycles. The number of hydrogen-bond acceptors (Lipinski definition) is 2. The summed E-state index contributed by atoms with van der Waals surface area (Å²) in [6.45, 7) is 0. The van der Waals surface area contributed by atoms with Crippen LogP contribution in [0.3, 0.4) is 0 Å². The fourth-order valence-electron chi connectivity index (χ4n) is 6.45. The second kappa shape index (κ2) is 8.50. The summed E-state index contributed by atoms with van der Waals surface area (Å²) in [7, 11) is 0. The molecule has 7 aromatic carbocycles. The highest BCUT2D eigenvalue weighted by Crippen LogP contribution is 2.49. The zero-order valence-corrected chi connectivity index (χ0v) is 23.2. The van der Waals surface area contributed by atoms with Crippen LogP contribution in [0.25, 0.3) is 84.1 Å². The summed E-state index contributed by atoms with van der Waals surface area (Å²) in [5.74, 6) is 0. The van der Waals surface area contributed by atoms with E-state index in [0.717, 1.165) is 0 Å². The van der Waals surface area contributed by atoms with Crippen LogP contribution in [-0.2, 0) is 0 Å². The van der Waals surface area contributed by atoms with Crippen molar-refractivity contribution in [1.82, 2.24) is 0 Å². The van der Waals surface area contributed by atoms with E-state index in [1.807, 2.05) is 22.7 Å². The van der Waals surface area contributed by atoms with Crippen LogP contribution in [0.2, 0.25) is 0 Å². The standard InChI is InChI=1S/C38H22S2/c1-2-10-24-21-25(18-17-23(24)9-1)35-28-12-3-5-14-30(28)36(31-15-6-4-13-29(31)35)34-22-26-19-20-32-27-11-7-8-16-33(27)39-38(32)37(26)40-34/h1-22H. The molecule has 2 aromatic heterocycles. The average molecular weight is 543 g/mol. The molecule has 0 aliphatic carbocycles. The molecule has 2 heterocycles. The van der Waals surface area contributed by atoms with Gasteiger partial charge in [0.2, 0.25) is 0 Å². The molecule has 186 valence electrons. The minimum atomic E-state index is 1.26. The summed E-state index contributed by atoms with van der Waals surface area (Å²) >= 11 is 3.86. The minimum Gasteiger partial charge on any atom is -0.134 e. The molecule has 0 aliphatic rings. The zero-order valence-electron chi connectivity index (χ0n) is 21.5. The first-order valence-corrected chi connectivity index (χ1v) is 15.2. The van der Waals surface area contributed by atoms with Crippen molar-refractivity contribution in [3.8, 4) is 21.6 Å². The van der Waals surface area contributed by atoms with Gasteiger partial charge in [-0.1, -0.05) is 115 Å². The highest BCUT2D eigenvalue weighted by atomic mass is 32.1. The molecule has 0 N–H and O–H groups in total. The van der Waals surface area contributed by atoms with E-state index in [-0.39, 0.29) is 0 Å². The molecule has 0 radical (unpaired) electrons. The number of rotatable bonds is 2. The molecule has 0 amide bonds. The summed E-state index contributed by atoms with van der Waals surface area (Å²) in [5.41, 5.74) is 3.92. The summed E-state index contributed by atoms with van der Waals surface area (Å²) < 4.78 is 4.15. The monoisotopic (exact) mass is 542 g/mol. The molecule has 0 unspecified atom stereocenters. The van der Waals surface area contributed by atoms with E-state index in [9.17, 15) is 0 Å². The van der Waals surface area contributed by atoms with Crippen LogP contribution in [-0.4, -0.2) is 0 Å². The second-order valence-corrected chi connectivity index (χ2v) is 12.6. The molecule has 2 heteroatoms. The molecular weight excluding hydrogens is 521 g/mol. The number of thiophene rings is 2. The lowest BCUT2D eigenvalue weighted by Crippen LogP contribution is -1.89. The Kier molecular flexibility index (Phi) is 4.74. The third-order valence-corrected chi connectivity index (χ3v) is 10.8. The van der Waals surface area contributed by atoms with Crippen molar-refractivity contribution in [3.63, 3.8) is 0 Å². The highest BCUT2D eigenvalue weighted by molar-refractivity contribution is 7.32. The van der Waals surface area contributed by atoms with Gasteiger partial charge in [-0.3, -0.25) is 0 Å². The minimum absolute atomic E-state index is 1.26. The smallest absolute Gasteiger partial charge is 0.0533 e. The van der Waals surface area contributed by atoms with Crippen molar-refractivity contribution in [2.75, 3.05) is 0 Å². The van der Waals surface area contributed by atoms with E-state index in [0.29, 0.717) is 0 Å². The topological polar surface area (TPSA) is 0 Å². The maximum absolute atomic E-state index is 2.41. The number of hydrogen-bond donors (Lipinski definition) is 0. The molecule has 0 fully saturated rings. The normalized spacial score (nSPS) is 12.0.